The first-order chi connectivity index (χ1) is 9.24. The van der Waals surface area contributed by atoms with Gasteiger partial charge in [-0.2, -0.15) is 5.26 Å². The van der Waals surface area contributed by atoms with Crippen molar-refractivity contribution in [1.82, 2.24) is 10.2 Å². The fourth-order valence-corrected chi connectivity index (χ4v) is 2.46. The first kappa shape index (κ1) is 14.0. The summed E-state index contributed by atoms with van der Waals surface area (Å²) in [6, 6.07) is 11.2. The molecule has 3 heteroatoms. The average Bonchev–Trinajstić information content (AvgIpc) is 3.28. The SMILES string of the molecule is CCN(CCNC(C)c1cccc(C#N)c1)C1CC1. The van der Waals surface area contributed by atoms with Crippen LogP contribution in [-0.4, -0.2) is 30.6 Å². The summed E-state index contributed by atoms with van der Waals surface area (Å²) in [6.07, 6.45) is 2.74. The summed E-state index contributed by atoms with van der Waals surface area (Å²) in [5, 5.41) is 12.5. The van der Waals surface area contributed by atoms with Crippen LogP contribution in [0.3, 0.4) is 0 Å². The summed E-state index contributed by atoms with van der Waals surface area (Å²) in [7, 11) is 0. The quantitative estimate of drug-likeness (QED) is 0.816. The molecule has 19 heavy (non-hydrogen) atoms. The zero-order chi connectivity index (χ0) is 13.7. The van der Waals surface area contributed by atoms with Gasteiger partial charge in [0.2, 0.25) is 0 Å². The van der Waals surface area contributed by atoms with Crippen LogP contribution in [0.1, 0.15) is 43.9 Å². The van der Waals surface area contributed by atoms with E-state index in [0.29, 0.717) is 6.04 Å². The molecule has 0 aromatic heterocycles. The number of nitrogens with zero attached hydrogens (tertiary/aromatic N) is 2. The molecule has 1 aliphatic rings. The molecule has 1 unspecified atom stereocenters. The van der Waals surface area contributed by atoms with E-state index in [-0.39, 0.29) is 0 Å². The Balaban J connectivity index is 1.80. The Morgan fingerprint density at radius 3 is 2.89 bits per heavy atom. The van der Waals surface area contributed by atoms with E-state index in [1.165, 1.54) is 18.4 Å². The summed E-state index contributed by atoms with van der Waals surface area (Å²) in [6.45, 7) is 7.65. The van der Waals surface area contributed by atoms with Gasteiger partial charge in [-0.25, -0.2) is 0 Å². The van der Waals surface area contributed by atoms with E-state index in [1.54, 1.807) is 0 Å². The van der Waals surface area contributed by atoms with Crippen LogP contribution < -0.4 is 5.32 Å². The van der Waals surface area contributed by atoms with E-state index in [4.69, 9.17) is 5.26 Å². The molecule has 1 N–H and O–H groups in total. The number of likely N-dealkylation sites (N-methyl/N-ethyl adjacent to an activating group) is 1. The van der Waals surface area contributed by atoms with Gasteiger partial charge in [0.1, 0.15) is 0 Å². The highest BCUT2D eigenvalue weighted by molar-refractivity contribution is 5.33. The lowest BCUT2D eigenvalue weighted by molar-refractivity contribution is 0.273. The van der Waals surface area contributed by atoms with Gasteiger partial charge < -0.3 is 5.32 Å². The molecule has 0 radical (unpaired) electrons. The Morgan fingerprint density at radius 2 is 2.26 bits per heavy atom. The zero-order valence-electron chi connectivity index (χ0n) is 11.9. The predicted molar refractivity (Wildman–Crippen MR) is 77.8 cm³/mol. The fourth-order valence-electron chi connectivity index (χ4n) is 2.46. The fraction of sp³-hybridized carbons (Fsp3) is 0.562. The van der Waals surface area contributed by atoms with Crippen LogP contribution in [0.2, 0.25) is 0 Å². The Kier molecular flexibility index (Phi) is 4.95. The zero-order valence-corrected chi connectivity index (χ0v) is 11.9. The molecule has 0 bridgehead atoms. The molecule has 102 valence electrons. The molecular formula is C16H23N3. The van der Waals surface area contributed by atoms with Crippen LogP contribution in [0, 0.1) is 11.3 Å². The Bertz CT molecular complexity index is 446. The maximum atomic E-state index is 8.92. The standard InChI is InChI=1S/C16H23N3/c1-3-19(16-7-8-16)10-9-18-13(2)15-6-4-5-14(11-15)12-17/h4-6,11,13,16,18H,3,7-10H2,1-2H3. The summed E-state index contributed by atoms with van der Waals surface area (Å²) < 4.78 is 0. The molecule has 3 nitrogen and oxygen atoms in total. The van der Waals surface area contributed by atoms with Crippen molar-refractivity contribution in [3.63, 3.8) is 0 Å². The average molecular weight is 257 g/mol. The van der Waals surface area contributed by atoms with Crippen LogP contribution in [-0.2, 0) is 0 Å². The molecule has 0 saturated heterocycles. The lowest BCUT2D eigenvalue weighted by Crippen LogP contribution is -2.34. The molecule has 1 aromatic carbocycles. The lowest BCUT2D eigenvalue weighted by Gasteiger charge is -2.22. The van der Waals surface area contributed by atoms with Gasteiger partial charge in [0.15, 0.2) is 0 Å². The number of hydrogen-bond acceptors (Lipinski definition) is 3. The van der Waals surface area contributed by atoms with Crippen molar-refractivity contribution in [2.24, 2.45) is 0 Å². The van der Waals surface area contributed by atoms with Gasteiger partial charge in [0.25, 0.3) is 0 Å². The summed E-state index contributed by atoms with van der Waals surface area (Å²) >= 11 is 0. The minimum Gasteiger partial charge on any atom is -0.309 e. The number of hydrogen-bond donors (Lipinski definition) is 1. The van der Waals surface area contributed by atoms with Gasteiger partial charge in [0, 0.05) is 25.2 Å². The van der Waals surface area contributed by atoms with E-state index in [2.05, 4.69) is 36.2 Å². The highest BCUT2D eigenvalue weighted by atomic mass is 15.2. The molecule has 0 amide bonds. The van der Waals surface area contributed by atoms with Gasteiger partial charge in [-0.3, -0.25) is 4.90 Å². The Hall–Kier alpha value is -1.37. The first-order valence-corrected chi connectivity index (χ1v) is 7.22. The number of nitriles is 1. The predicted octanol–water partition coefficient (Wildman–Crippen LogP) is 2.69. The molecule has 0 heterocycles. The van der Waals surface area contributed by atoms with E-state index in [9.17, 15) is 0 Å². The van der Waals surface area contributed by atoms with Gasteiger partial charge in [-0.1, -0.05) is 19.1 Å². The second-order valence-corrected chi connectivity index (χ2v) is 5.27. The summed E-state index contributed by atoms with van der Waals surface area (Å²) in [5.74, 6) is 0. The lowest BCUT2D eigenvalue weighted by atomic mass is 10.1. The second kappa shape index (κ2) is 6.70. The van der Waals surface area contributed by atoms with E-state index in [0.717, 1.165) is 31.2 Å². The maximum absolute atomic E-state index is 8.92. The van der Waals surface area contributed by atoms with Gasteiger partial charge >= 0.3 is 0 Å². The molecule has 1 fully saturated rings. The number of nitrogens with one attached hydrogen (secondary N) is 1. The molecule has 0 spiro atoms. The van der Waals surface area contributed by atoms with Crippen molar-refractivity contribution in [3.8, 4) is 6.07 Å². The first-order valence-electron chi connectivity index (χ1n) is 7.22. The van der Waals surface area contributed by atoms with Crippen molar-refractivity contribution < 1.29 is 0 Å². The van der Waals surface area contributed by atoms with E-state index in [1.807, 2.05) is 18.2 Å². The normalized spacial score (nSPS) is 16.3. The molecule has 0 aliphatic heterocycles. The third-order valence-electron chi connectivity index (χ3n) is 3.83. The summed E-state index contributed by atoms with van der Waals surface area (Å²) in [5.41, 5.74) is 1.92. The topological polar surface area (TPSA) is 39.1 Å². The molecular weight excluding hydrogens is 234 g/mol. The molecule has 1 saturated carbocycles. The van der Waals surface area contributed by atoms with Crippen molar-refractivity contribution in [3.05, 3.63) is 35.4 Å². The van der Waals surface area contributed by atoms with Crippen LogP contribution in [0.25, 0.3) is 0 Å². The highest BCUT2D eigenvalue weighted by Crippen LogP contribution is 2.26. The number of rotatable bonds is 7. The van der Waals surface area contributed by atoms with Gasteiger partial charge in [-0.05, 0) is 44.0 Å². The summed E-state index contributed by atoms with van der Waals surface area (Å²) in [4.78, 5) is 2.55. The monoisotopic (exact) mass is 257 g/mol. The molecule has 1 aliphatic carbocycles. The maximum Gasteiger partial charge on any atom is 0.0991 e. The van der Waals surface area contributed by atoms with Gasteiger partial charge in [-0.15, -0.1) is 0 Å². The van der Waals surface area contributed by atoms with Crippen molar-refractivity contribution in [1.29, 1.82) is 5.26 Å². The molecule has 2 rings (SSSR count). The minimum absolute atomic E-state index is 0.297. The minimum atomic E-state index is 0.297. The highest BCUT2D eigenvalue weighted by Gasteiger charge is 2.27. The van der Waals surface area contributed by atoms with Crippen LogP contribution >= 0.6 is 0 Å². The van der Waals surface area contributed by atoms with E-state index < -0.39 is 0 Å². The Labute approximate surface area is 116 Å². The van der Waals surface area contributed by atoms with Crippen molar-refractivity contribution in [2.45, 2.75) is 38.8 Å². The van der Waals surface area contributed by atoms with Crippen molar-refractivity contribution in [2.75, 3.05) is 19.6 Å². The number of benzene rings is 1. The van der Waals surface area contributed by atoms with Gasteiger partial charge in [0.05, 0.1) is 11.6 Å². The van der Waals surface area contributed by atoms with Crippen LogP contribution in [0.5, 0.6) is 0 Å². The molecule has 1 atom stereocenters. The van der Waals surface area contributed by atoms with E-state index >= 15 is 0 Å². The third kappa shape index (κ3) is 4.05. The second-order valence-electron chi connectivity index (χ2n) is 5.27. The van der Waals surface area contributed by atoms with Crippen LogP contribution in [0.4, 0.5) is 0 Å². The van der Waals surface area contributed by atoms with Crippen molar-refractivity contribution >= 4 is 0 Å². The Morgan fingerprint density at radius 1 is 1.47 bits per heavy atom. The molecule has 1 aromatic rings. The largest absolute Gasteiger partial charge is 0.309 e. The smallest absolute Gasteiger partial charge is 0.0991 e. The van der Waals surface area contributed by atoms with Crippen LogP contribution in [0.15, 0.2) is 24.3 Å². The third-order valence-corrected chi connectivity index (χ3v) is 3.83.